The molecule has 0 aliphatic heterocycles. The van der Waals surface area contributed by atoms with Crippen molar-refractivity contribution in [1.82, 2.24) is 15.2 Å². The van der Waals surface area contributed by atoms with Gasteiger partial charge in [-0.25, -0.2) is 5.26 Å². The van der Waals surface area contributed by atoms with Crippen LogP contribution in [-0.4, -0.2) is 21.1 Å². The number of carbonyl (C=O) groups excluding carboxylic acids is 1. The Kier molecular flexibility index (Phi) is 4.86. The van der Waals surface area contributed by atoms with Crippen molar-refractivity contribution in [2.24, 2.45) is 5.92 Å². The summed E-state index contributed by atoms with van der Waals surface area (Å²) < 4.78 is 0. The van der Waals surface area contributed by atoms with Gasteiger partial charge in [0.2, 0.25) is 5.91 Å². The average Bonchev–Trinajstić information content (AvgIpc) is 3.50. The predicted molar refractivity (Wildman–Crippen MR) is 104 cm³/mol. The molecule has 0 radical (unpaired) electrons. The number of amides is 1. The molecule has 8 nitrogen and oxygen atoms in total. The van der Waals surface area contributed by atoms with Gasteiger partial charge in [-0.3, -0.25) is 9.78 Å². The monoisotopic (exact) mass is 361 g/mol. The summed E-state index contributed by atoms with van der Waals surface area (Å²) in [5.41, 5.74) is 16.6. The molecule has 2 heterocycles. The first-order valence-corrected chi connectivity index (χ1v) is 8.37. The first-order chi connectivity index (χ1) is 13.0. The third-order valence-electron chi connectivity index (χ3n) is 4.48. The Bertz CT molecular complexity index is 1040. The summed E-state index contributed by atoms with van der Waals surface area (Å²) in [4.78, 5) is 16.1. The maximum absolute atomic E-state index is 11.9. The summed E-state index contributed by atoms with van der Waals surface area (Å²) in [7, 11) is 0. The second-order valence-corrected chi connectivity index (χ2v) is 6.40. The molecule has 1 saturated carbocycles. The fraction of sp³-hybridized carbons (Fsp3) is 0.211. The number of nitrogens with two attached hydrogens (primary N) is 2. The number of hydrogen-bond donors (Lipinski definition) is 3. The van der Waals surface area contributed by atoms with Crippen molar-refractivity contribution in [1.29, 1.82) is 5.26 Å². The lowest BCUT2D eigenvalue weighted by molar-refractivity contribution is -0.117. The number of carbonyl (C=O) groups is 1. The smallest absolute Gasteiger partial charge is 0.228 e. The molecule has 0 atom stereocenters. The Labute approximate surface area is 156 Å². The number of nitrogens with one attached hydrogen (secondary N) is 1. The van der Waals surface area contributed by atoms with Crippen LogP contribution in [0.15, 0.2) is 30.6 Å². The summed E-state index contributed by atoms with van der Waals surface area (Å²) in [5.74, 6) is 0.534. The number of pyridine rings is 1. The highest BCUT2D eigenvalue weighted by Crippen LogP contribution is 2.33. The van der Waals surface area contributed by atoms with Crippen molar-refractivity contribution >= 4 is 34.0 Å². The normalized spacial score (nSPS) is 12.9. The van der Waals surface area contributed by atoms with E-state index in [4.69, 9.17) is 16.7 Å². The van der Waals surface area contributed by atoms with E-state index in [1.165, 1.54) is 0 Å². The molecule has 8 heteroatoms. The van der Waals surface area contributed by atoms with Crippen LogP contribution in [0.1, 0.15) is 18.4 Å². The van der Waals surface area contributed by atoms with E-state index in [0.717, 1.165) is 34.9 Å². The molecule has 0 spiro atoms. The third-order valence-corrected chi connectivity index (χ3v) is 4.48. The lowest BCUT2D eigenvalue weighted by atomic mass is 9.99. The van der Waals surface area contributed by atoms with E-state index in [0.29, 0.717) is 22.7 Å². The van der Waals surface area contributed by atoms with Gasteiger partial charge in [-0.2, -0.15) is 0 Å². The van der Waals surface area contributed by atoms with Gasteiger partial charge in [-0.15, -0.1) is 10.2 Å². The summed E-state index contributed by atoms with van der Waals surface area (Å²) in [6.07, 6.45) is 5.26. The molecular weight excluding hydrogens is 342 g/mol. The molecule has 0 bridgehead atoms. The average molecular weight is 361 g/mol. The molecule has 4 rings (SSSR count). The van der Waals surface area contributed by atoms with Crippen LogP contribution in [0, 0.1) is 24.7 Å². The molecule has 2 aromatic heterocycles. The minimum atomic E-state index is -0.00588. The van der Waals surface area contributed by atoms with E-state index in [1.807, 2.05) is 19.1 Å². The van der Waals surface area contributed by atoms with Crippen LogP contribution in [0.5, 0.6) is 0 Å². The van der Waals surface area contributed by atoms with Gasteiger partial charge < -0.3 is 16.8 Å². The number of hydrogen-bond acceptors (Lipinski definition) is 7. The predicted octanol–water partition coefficient (Wildman–Crippen LogP) is 2.65. The fourth-order valence-electron chi connectivity index (χ4n) is 2.81. The Balaban J connectivity index is 0.00000102. The van der Waals surface area contributed by atoms with Crippen LogP contribution in [0.3, 0.4) is 0 Å². The van der Waals surface area contributed by atoms with Crippen LogP contribution < -0.4 is 16.8 Å². The molecule has 1 amide bonds. The zero-order chi connectivity index (χ0) is 19.6. The molecule has 1 aliphatic rings. The van der Waals surface area contributed by atoms with Gasteiger partial charge in [-0.05, 0) is 49.1 Å². The van der Waals surface area contributed by atoms with E-state index in [-0.39, 0.29) is 11.8 Å². The Morgan fingerprint density at radius 1 is 1.15 bits per heavy atom. The number of anilines is 3. The Morgan fingerprint density at radius 2 is 1.89 bits per heavy atom. The van der Waals surface area contributed by atoms with Gasteiger partial charge in [0.25, 0.3) is 0 Å². The number of aromatic nitrogens is 3. The van der Waals surface area contributed by atoms with Gasteiger partial charge in [-0.1, -0.05) is 0 Å². The van der Waals surface area contributed by atoms with Crippen molar-refractivity contribution in [2.45, 2.75) is 19.8 Å². The third kappa shape index (κ3) is 3.62. The second-order valence-electron chi connectivity index (χ2n) is 6.40. The number of nitrogen functional groups attached to an aromatic ring is 2. The van der Waals surface area contributed by atoms with E-state index < -0.39 is 0 Å². The van der Waals surface area contributed by atoms with Crippen LogP contribution in [0.4, 0.5) is 17.2 Å². The van der Waals surface area contributed by atoms with E-state index in [9.17, 15) is 4.79 Å². The first-order valence-electron chi connectivity index (χ1n) is 8.37. The summed E-state index contributed by atoms with van der Waals surface area (Å²) in [6, 6.07) is 5.58. The van der Waals surface area contributed by atoms with Crippen LogP contribution in [-0.2, 0) is 4.79 Å². The summed E-state index contributed by atoms with van der Waals surface area (Å²) >= 11 is 0. The number of nitriles is 1. The molecule has 27 heavy (non-hydrogen) atoms. The summed E-state index contributed by atoms with van der Waals surface area (Å²) in [5, 5.41) is 18.3. The Morgan fingerprint density at radius 3 is 2.59 bits per heavy atom. The zero-order valence-corrected chi connectivity index (χ0v) is 14.8. The van der Waals surface area contributed by atoms with Crippen LogP contribution in [0.25, 0.3) is 22.0 Å². The summed E-state index contributed by atoms with van der Waals surface area (Å²) in [6.45, 7) is 5.44. The standard InChI is InChI=1S/C18H18N6O.CHN/c1-9-13(7-21-8-15(9)20)11-4-12-6-16(22-18(25)10-2-3-10)23-24-17(12)14(19)5-11;1-2/h4-8,10H,2-3,19-20H2,1H3,(H,22,23,25);1H. The second kappa shape index (κ2) is 7.25. The highest BCUT2D eigenvalue weighted by Gasteiger charge is 2.29. The van der Waals surface area contributed by atoms with Crippen molar-refractivity contribution in [3.63, 3.8) is 0 Å². The molecular formula is C19H19N7O. The van der Waals surface area contributed by atoms with Crippen molar-refractivity contribution in [2.75, 3.05) is 16.8 Å². The van der Waals surface area contributed by atoms with Crippen molar-refractivity contribution in [3.05, 3.63) is 36.2 Å². The van der Waals surface area contributed by atoms with E-state index in [2.05, 4.69) is 27.1 Å². The maximum Gasteiger partial charge on any atom is 0.228 e. The fourth-order valence-corrected chi connectivity index (χ4v) is 2.81. The maximum atomic E-state index is 11.9. The molecule has 3 aromatic rings. The molecule has 136 valence electrons. The van der Waals surface area contributed by atoms with Gasteiger partial charge in [0.15, 0.2) is 5.82 Å². The highest BCUT2D eigenvalue weighted by molar-refractivity contribution is 5.98. The van der Waals surface area contributed by atoms with Gasteiger partial charge >= 0.3 is 0 Å². The number of benzene rings is 1. The molecule has 1 fully saturated rings. The Hall–Kier alpha value is -3.73. The lowest BCUT2D eigenvalue weighted by Crippen LogP contribution is -2.14. The van der Waals surface area contributed by atoms with Gasteiger partial charge in [0.1, 0.15) is 5.52 Å². The molecule has 5 N–H and O–H groups in total. The van der Waals surface area contributed by atoms with Gasteiger partial charge in [0, 0.05) is 29.6 Å². The van der Waals surface area contributed by atoms with Gasteiger partial charge in [0.05, 0.1) is 17.6 Å². The number of fused-ring (bicyclic) bond motifs is 1. The van der Waals surface area contributed by atoms with Crippen molar-refractivity contribution in [3.8, 4) is 17.7 Å². The topological polar surface area (TPSA) is 144 Å². The molecule has 0 unspecified atom stereocenters. The number of rotatable bonds is 3. The minimum absolute atomic E-state index is 0.00588. The van der Waals surface area contributed by atoms with Crippen LogP contribution in [0.2, 0.25) is 0 Å². The molecule has 0 saturated heterocycles. The molecule has 1 aromatic carbocycles. The van der Waals surface area contributed by atoms with E-state index >= 15 is 0 Å². The minimum Gasteiger partial charge on any atom is -0.397 e. The largest absolute Gasteiger partial charge is 0.397 e. The van der Waals surface area contributed by atoms with Crippen LogP contribution >= 0.6 is 0 Å². The zero-order valence-electron chi connectivity index (χ0n) is 14.8. The van der Waals surface area contributed by atoms with Crippen molar-refractivity contribution < 1.29 is 4.79 Å². The molecule has 1 aliphatic carbocycles. The number of nitrogens with zero attached hydrogens (tertiary/aromatic N) is 4. The first kappa shape index (κ1) is 18.1. The lowest BCUT2D eigenvalue weighted by Gasteiger charge is -2.11. The SMILES string of the molecule is C#N.Cc1c(N)cncc1-c1cc(N)c2nnc(NC(=O)C3CC3)cc2c1. The quantitative estimate of drug-likeness (QED) is 0.608. The highest BCUT2D eigenvalue weighted by atomic mass is 16.2. The van der Waals surface area contributed by atoms with E-state index in [1.54, 1.807) is 18.5 Å².